The van der Waals surface area contributed by atoms with Crippen LogP contribution in [-0.4, -0.2) is 67.3 Å². The molecule has 3 heterocycles. The smallest absolute Gasteiger partial charge is 0.276 e. The van der Waals surface area contributed by atoms with E-state index in [1.165, 1.54) is 11.7 Å². The number of rotatable bonds is 7. The van der Waals surface area contributed by atoms with E-state index in [2.05, 4.69) is 38.1 Å². The lowest BCUT2D eigenvalue weighted by atomic mass is 9.92. The summed E-state index contributed by atoms with van der Waals surface area (Å²) in [6.07, 6.45) is 1.30. The third-order valence-corrected chi connectivity index (χ3v) is 9.12. The Bertz CT molecular complexity index is 2050. The van der Waals surface area contributed by atoms with E-state index < -0.39 is 11.7 Å². The minimum Gasteiger partial charge on any atom is -0.369 e. The molecule has 7 rings (SSSR count). The van der Waals surface area contributed by atoms with E-state index in [4.69, 9.17) is 0 Å². The Morgan fingerprint density at radius 3 is 2.33 bits per heavy atom. The van der Waals surface area contributed by atoms with Crippen molar-refractivity contribution in [3.05, 3.63) is 95.9 Å². The quantitative estimate of drug-likeness (QED) is 0.225. The van der Waals surface area contributed by atoms with Gasteiger partial charge >= 0.3 is 0 Å². The van der Waals surface area contributed by atoms with Crippen LogP contribution in [0.25, 0.3) is 33.2 Å². The molecule has 0 spiro atoms. The zero-order chi connectivity index (χ0) is 33.4. The number of nitrogens with zero attached hydrogens (tertiary/aromatic N) is 4. The van der Waals surface area contributed by atoms with Gasteiger partial charge in [0, 0.05) is 81.4 Å². The summed E-state index contributed by atoms with van der Waals surface area (Å²) in [6, 6.07) is 23.9. The summed E-state index contributed by atoms with van der Waals surface area (Å²) < 4.78 is 18.3. The van der Waals surface area contributed by atoms with Crippen LogP contribution in [0.3, 0.4) is 0 Å². The van der Waals surface area contributed by atoms with E-state index in [1.807, 2.05) is 30.3 Å². The molecule has 4 aromatic carbocycles. The molecule has 1 aromatic heterocycles. The molecule has 0 unspecified atom stereocenters. The highest BCUT2D eigenvalue weighted by molar-refractivity contribution is 6.12. The third kappa shape index (κ3) is 5.77. The molecule has 2 aliphatic rings. The second kappa shape index (κ2) is 12.9. The Morgan fingerprint density at radius 2 is 1.60 bits per heavy atom. The number of piperazine rings is 1. The molecular weight excluding hydrogens is 609 g/mol. The van der Waals surface area contributed by atoms with E-state index in [-0.39, 0.29) is 22.9 Å². The van der Waals surface area contributed by atoms with Gasteiger partial charge in [0.05, 0.1) is 10.9 Å². The number of anilines is 3. The lowest BCUT2D eigenvalue weighted by molar-refractivity contribution is -0.117. The molecule has 48 heavy (non-hydrogen) atoms. The Hall–Kier alpha value is -5.55. The van der Waals surface area contributed by atoms with Crippen molar-refractivity contribution in [1.82, 2.24) is 20.4 Å². The second-order valence-corrected chi connectivity index (χ2v) is 12.1. The monoisotopic (exact) mass is 645 g/mol. The van der Waals surface area contributed by atoms with Crippen LogP contribution in [0.15, 0.2) is 78.9 Å². The highest BCUT2D eigenvalue weighted by Crippen LogP contribution is 2.40. The molecular formula is C37H36FN7O3. The molecule has 0 atom stereocenters. The summed E-state index contributed by atoms with van der Waals surface area (Å²) in [4.78, 5) is 42.5. The molecule has 3 N–H and O–H groups in total. The molecule has 0 radical (unpaired) electrons. The number of amides is 3. The van der Waals surface area contributed by atoms with Crippen molar-refractivity contribution in [3.8, 4) is 22.3 Å². The molecule has 10 nitrogen and oxygen atoms in total. The zero-order valence-corrected chi connectivity index (χ0v) is 26.8. The molecule has 244 valence electrons. The van der Waals surface area contributed by atoms with Crippen LogP contribution in [0.4, 0.5) is 21.5 Å². The number of aryl methyl sites for hydroxylation is 1. The molecule has 0 aliphatic carbocycles. The molecule has 3 amide bonds. The molecule has 0 bridgehead atoms. The van der Waals surface area contributed by atoms with Crippen LogP contribution in [0.2, 0.25) is 0 Å². The predicted octanol–water partition coefficient (Wildman–Crippen LogP) is 5.19. The minimum absolute atomic E-state index is 0.0709. The van der Waals surface area contributed by atoms with Crippen molar-refractivity contribution in [2.24, 2.45) is 7.05 Å². The van der Waals surface area contributed by atoms with E-state index in [0.717, 1.165) is 55.1 Å². The van der Waals surface area contributed by atoms with Crippen LogP contribution in [-0.2, 0) is 11.8 Å². The number of halogens is 1. The first-order valence-corrected chi connectivity index (χ1v) is 16.1. The van der Waals surface area contributed by atoms with Crippen LogP contribution in [0.5, 0.6) is 0 Å². The van der Waals surface area contributed by atoms with Crippen molar-refractivity contribution in [3.63, 3.8) is 0 Å². The first-order valence-electron chi connectivity index (χ1n) is 16.1. The summed E-state index contributed by atoms with van der Waals surface area (Å²) in [5, 5.41) is 13.2. The summed E-state index contributed by atoms with van der Waals surface area (Å²) in [7, 11) is 3.19. The van der Waals surface area contributed by atoms with Gasteiger partial charge in [0.2, 0.25) is 5.91 Å². The highest BCUT2D eigenvalue weighted by Gasteiger charge is 2.26. The largest absolute Gasteiger partial charge is 0.369 e. The minimum atomic E-state index is -0.600. The standard InChI is InChI=1S/C37H36FN7O3/c1-39-36(47)24-5-3-6-25(21-24)41-37(48)35-33-31(43(2)42-35)15-14-29(34(33)38)28-13-12-27(45-18-4-7-32(45)46)22-30(28)23-8-10-26(11-9-23)44-19-16-40-17-20-44/h3,5-6,8-15,21-22,40H,4,7,16-20H2,1-2H3,(H,39,47)(H,41,48). The maximum Gasteiger partial charge on any atom is 0.276 e. The molecule has 2 aliphatic heterocycles. The fraction of sp³-hybridized carbons (Fsp3) is 0.243. The molecule has 2 fully saturated rings. The van der Waals surface area contributed by atoms with Crippen LogP contribution < -0.4 is 25.8 Å². The number of nitrogens with one attached hydrogen (secondary N) is 3. The fourth-order valence-electron chi connectivity index (χ4n) is 6.62. The van der Waals surface area contributed by atoms with Gasteiger partial charge < -0.3 is 25.8 Å². The Labute approximate surface area is 277 Å². The number of fused-ring (bicyclic) bond motifs is 1. The van der Waals surface area contributed by atoms with Crippen molar-refractivity contribution in [2.45, 2.75) is 12.8 Å². The number of hydrogen-bond donors (Lipinski definition) is 3. The number of aromatic nitrogens is 2. The van der Waals surface area contributed by atoms with E-state index in [9.17, 15) is 14.4 Å². The van der Waals surface area contributed by atoms with Gasteiger partial charge in [0.1, 0.15) is 5.82 Å². The van der Waals surface area contributed by atoms with Gasteiger partial charge in [0.15, 0.2) is 5.69 Å². The first kappa shape index (κ1) is 31.1. The Balaban J connectivity index is 1.30. The third-order valence-electron chi connectivity index (χ3n) is 9.12. The summed E-state index contributed by atoms with van der Waals surface area (Å²) in [5.41, 5.74) is 5.64. The normalized spacial score (nSPS) is 14.9. The van der Waals surface area contributed by atoms with Crippen LogP contribution in [0.1, 0.15) is 33.7 Å². The van der Waals surface area contributed by atoms with Gasteiger partial charge in [-0.25, -0.2) is 4.39 Å². The van der Waals surface area contributed by atoms with Crippen molar-refractivity contribution < 1.29 is 18.8 Å². The number of benzene rings is 4. The predicted molar refractivity (Wildman–Crippen MR) is 186 cm³/mol. The lowest BCUT2D eigenvalue weighted by Crippen LogP contribution is -2.43. The Morgan fingerprint density at radius 1 is 0.854 bits per heavy atom. The number of carbonyl (C=O) groups is 3. The lowest BCUT2D eigenvalue weighted by Gasteiger charge is -2.29. The van der Waals surface area contributed by atoms with Gasteiger partial charge in [-0.3, -0.25) is 19.1 Å². The van der Waals surface area contributed by atoms with Crippen LogP contribution >= 0.6 is 0 Å². The molecule has 11 heteroatoms. The molecule has 2 saturated heterocycles. The van der Waals surface area contributed by atoms with E-state index in [0.29, 0.717) is 40.9 Å². The summed E-state index contributed by atoms with van der Waals surface area (Å²) in [5.74, 6) is -1.40. The van der Waals surface area contributed by atoms with Gasteiger partial charge in [-0.05, 0) is 77.7 Å². The van der Waals surface area contributed by atoms with Crippen LogP contribution in [0, 0.1) is 5.82 Å². The van der Waals surface area contributed by atoms with Crippen molar-refractivity contribution in [1.29, 1.82) is 0 Å². The average Bonchev–Trinajstić information content (AvgIpc) is 3.71. The molecule has 0 saturated carbocycles. The maximum atomic E-state index is 16.8. The topological polar surface area (TPSA) is 112 Å². The van der Waals surface area contributed by atoms with Crippen molar-refractivity contribution >= 4 is 45.7 Å². The van der Waals surface area contributed by atoms with E-state index >= 15 is 4.39 Å². The average molecular weight is 646 g/mol. The molecule has 5 aromatic rings. The summed E-state index contributed by atoms with van der Waals surface area (Å²) in [6.45, 7) is 4.33. The van der Waals surface area contributed by atoms with E-state index in [1.54, 1.807) is 48.3 Å². The second-order valence-electron chi connectivity index (χ2n) is 12.1. The SMILES string of the molecule is CNC(=O)c1cccc(NC(=O)c2nn(C)c3ccc(-c4ccc(N5CCCC5=O)cc4-c4ccc(N5CCNCC5)cc4)c(F)c23)c1. The summed E-state index contributed by atoms with van der Waals surface area (Å²) >= 11 is 0. The maximum absolute atomic E-state index is 16.8. The number of hydrogen-bond acceptors (Lipinski definition) is 6. The van der Waals surface area contributed by atoms with Gasteiger partial charge in [-0.2, -0.15) is 5.10 Å². The zero-order valence-electron chi connectivity index (χ0n) is 26.8. The van der Waals surface area contributed by atoms with Gasteiger partial charge in [-0.1, -0.05) is 24.3 Å². The highest BCUT2D eigenvalue weighted by atomic mass is 19.1. The van der Waals surface area contributed by atoms with Gasteiger partial charge in [0.25, 0.3) is 11.8 Å². The van der Waals surface area contributed by atoms with Crippen molar-refractivity contribution in [2.75, 3.05) is 54.9 Å². The first-order chi connectivity index (χ1) is 23.3. The fourth-order valence-corrected chi connectivity index (χ4v) is 6.62. The number of carbonyl (C=O) groups excluding carboxylic acids is 3. The Kier molecular flexibility index (Phi) is 8.36. The van der Waals surface area contributed by atoms with Gasteiger partial charge in [-0.15, -0.1) is 0 Å².